The van der Waals surface area contributed by atoms with Gasteiger partial charge in [0.25, 0.3) is 0 Å². The summed E-state index contributed by atoms with van der Waals surface area (Å²) in [5.41, 5.74) is 2.75. The molecule has 0 saturated heterocycles. The Balaban J connectivity index is 1.76. The van der Waals surface area contributed by atoms with Gasteiger partial charge in [-0.3, -0.25) is 0 Å². The second-order valence-electron chi connectivity index (χ2n) is 5.41. The van der Waals surface area contributed by atoms with Crippen molar-refractivity contribution in [2.75, 3.05) is 19.5 Å². The number of aromatic nitrogens is 2. The molecule has 0 aliphatic rings. The third-order valence-corrected chi connectivity index (χ3v) is 3.93. The largest absolute Gasteiger partial charge is 0.495 e. The number of nitrogens with one attached hydrogen (secondary N) is 1. The maximum Gasteiger partial charge on any atom is 0.247 e. The van der Waals surface area contributed by atoms with Crippen LogP contribution in [0.5, 0.6) is 11.5 Å². The maximum atomic E-state index is 6.11. The Labute approximate surface area is 150 Å². The van der Waals surface area contributed by atoms with E-state index in [0.717, 1.165) is 16.8 Å². The molecule has 1 N–H and O–H groups in total. The summed E-state index contributed by atoms with van der Waals surface area (Å²) in [4.78, 5) is 0. The van der Waals surface area contributed by atoms with Gasteiger partial charge in [-0.15, -0.1) is 10.2 Å². The van der Waals surface area contributed by atoms with Gasteiger partial charge in [0.05, 0.1) is 31.5 Å². The highest BCUT2D eigenvalue weighted by Gasteiger charge is 2.12. The summed E-state index contributed by atoms with van der Waals surface area (Å²) in [6.07, 6.45) is 0. The minimum Gasteiger partial charge on any atom is -0.495 e. The molecule has 0 fully saturated rings. The number of nitrogens with zero attached hydrogens (tertiary/aromatic N) is 2. The Morgan fingerprint density at radius 2 is 1.88 bits per heavy atom. The molecule has 0 unspecified atom stereocenters. The number of hydrogen-bond donors (Lipinski definition) is 1. The summed E-state index contributed by atoms with van der Waals surface area (Å²) in [5.74, 6) is 2.11. The predicted molar refractivity (Wildman–Crippen MR) is 96.4 cm³/mol. The molecule has 0 bridgehead atoms. The Bertz CT molecular complexity index is 880. The quantitative estimate of drug-likeness (QED) is 0.706. The van der Waals surface area contributed by atoms with Crippen molar-refractivity contribution in [1.29, 1.82) is 0 Å². The molecule has 3 rings (SSSR count). The van der Waals surface area contributed by atoms with Gasteiger partial charge in [-0.25, -0.2) is 0 Å². The van der Waals surface area contributed by atoms with Gasteiger partial charge in [-0.05, 0) is 19.1 Å². The van der Waals surface area contributed by atoms with Gasteiger partial charge in [0, 0.05) is 17.7 Å². The van der Waals surface area contributed by atoms with Gasteiger partial charge in [0.2, 0.25) is 11.8 Å². The zero-order valence-electron chi connectivity index (χ0n) is 14.2. The lowest BCUT2D eigenvalue weighted by Gasteiger charge is -2.12. The minimum atomic E-state index is 0.347. The lowest BCUT2D eigenvalue weighted by atomic mass is 10.1. The molecule has 0 radical (unpaired) electrons. The standard InChI is InChI=1S/C18H18ClN3O3/c1-11-5-4-6-12(7-11)18-22-21-17(25-18)10-20-14-9-15(23-2)13(19)8-16(14)24-3/h4-9,20H,10H2,1-3H3. The van der Waals surface area contributed by atoms with Gasteiger partial charge in [-0.2, -0.15) is 0 Å². The number of benzene rings is 2. The molecule has 0 spiro atoms. The fraction of sp³-hybridized carbons (Fsp3) is 0.222. The zero-order chi connectivity index (χ0) is 17.8. The maximum absolute atomic E-state index is 6.11. The lowest BCUT2D eigenvalue weighted by Crippen LogP contribution is -2.02. The van der Waals surface area contributed by atoms with Crippen molar-refractivity contribution < 1.29 is 13.9 Å². The molecule has 0 amide bonds. The zero-order valence-corrected chi connectivity index (χ0v) is 14.9. The monoisotopic (exact) mass is 359 g/mol. The smallest absolute Gasteiger partial charge is 0.247 e. The molecular weight excluding hydrogens is 342 g/mol. The summed E-state index contributed by atoms with van der Waals surface area (Å²) >= 11 is 6.11. The Hall–Kier alpha value is -2.73. The van der Waals surface area contributed by atoms with Crippen LogP contribution in [0.1, 0.15) is 11.5 Å². The Morgan fingerprint density at radius 1 is 1.08 bits per heavy atom. The van der Waals surface area contributed by atoms with Crippen LogP contribution in [-0.4, -0.2) is 24.4 Å². The SMILES string of the molecule is COc1cc(NCc2nnc(-c3cccc(C)c3)o2)c(OC)cc1Cl. The normalized spacial score (nSPS) is 10.6. The molecule has 7 heteroatoms. The molecule has 3 aromatic rings. The first-order valence-electron chi connectivity index (χ1n) is 7.65. The van der Waals surface area contributed by atoms with Crippen LogP contribution in [0.3, 0.4) is 0 Å². The van der Waals surface area contributed by atoms with E-state index >= 15 is 0 Å². The number of halogens is 1. The van der Waals surface area contributed by atoms with Gasteiger partial charge >= 0.3 is 0 Å². The fourth-order valence-electron chi connectivity index (χ4n) is 2.39. The number of methoxy groups -OCH3 is 2. The van der Waals surface area contributed by atoms with Crippen LogP contribution in [0.15, 0.2) is 40.8 Å². The molecule has 0 atom stereocenters. The van der Waals surface area contributed by atoms with Crippen LogP contribution in [-0.2, 0) is 6.54 Å². The summed E-state index contributed by atoms with van der Waals surface area (Å²) in [6.45, 7) is 2.36. The number of hydrogen-bond acceptors (Lipinski definition) is 6. The topological polar surface area (TPSA) is 69.4 Å². The van der Waals surface area contributed by atoms with E-state index in [1.165, 1.54) is 0 Å². The van der Waals surface area contributed by atoms with Crippen LogP contribution < -0.4 is 14.8 Å². The van der Waals surface area contributed by atoms with Gasteiger partial charge in [-0.1, -0.05) is 29.3 Å². The van der Waals surface area contributed by atoms with Crippen molar-refractivity contribution in [3.05, 3.63) is 52.9 Å². The second kappa shape index (κ2) is 7.44. The molecule has 1 aromatic heterocycles. The van der Waals surface area contributed by atoms with Gasteiger partial charge in [0.15, 0.2) is 0 Å². The van der Waals surface area contributed by atoms with E-state index in [1.54, 1.807) is 26.4 Å². The molecule has 0 saturated carbocycles. The van der Waals surface area contributed by atoms with E-state index in [0.29, 0.717) is 34.8 Å². The van der Waals surface area contributed by atoms with E-state index in [9.17, 15) is 0 Å². The third kappa shape index (κ3) is 3.85. The van der Waals surface area contributed by atoms with Crippen molar-refractivity contribution >= 4 is 17.3 Å². The molecule has 2 aromatic carbocycles. The molecular formula is C18H18ClN3O3. The van der Waals surface area contributed by atoms with Gasteiger partial charge in [0.1, 0.15) is 11.5 Å². The number of ether oxygens (including phenoxy) is 2. The van der Waals surface area contributed by atoms with Crippen molar-refractivity contribution in [3.63, 3.8) is 0 Å². The first-order valence-corrected chi connectivity index (χ1v) is 8.03. The second-order valence-corrected chi connectivity index (χ2v) is 5.82. The summed E-state index contributed by atoms with van der Waals surface area (Å²) in [6, 6.07) is 11.4. The van der Waals surface area contributed by atoms with E-state index < -0.39 is 0 Å². The van der Waals surface area contributed by atoms with Crippen LogP contribution in [0.25, 0.3) is 11.5 Å². The average Bonchev–Trinajstić information content (AvgIpc) is 3.09. The molecule has 0 aliphatic heterocycles. The number of anilines is 1. The van der Waals surface area contributed by atoms with Gasteiger partial charge < -0.3 is 19.2 Å². The third-order valence-electron chi connectivity index (χ3n) is 3.64. The molecule has 0 aliphatic carbocycles. The Kier molecular flexibility index (Phi) is 5.09. The molecule has 6 nitrogen and oxygen atoms in total. The summed E-state index contributed by atoms with van der Waals surface area (Å²) in [7, 11) is 3.13. The van der Waals surface area contributed by atoms with E-state index in [2.05, 4.69) is 15.5 Å². The van der Waals surface area contributed by atoms with E-state index in [4.69, 9.17) is 25.5 Å². The molecule has 1 heterocycles. The summed E-state index contributed by atoms with van der Waals surface area (Å²) in [5, 5.41) is 11.8. The number of rotatable bonds is 6. The van der Waals surface area contributed by atoms with E-state index in [-0.39, 0.29) is 0 Å². The Morgan fingerprint density at radius 3 is 2.60 bits per heavy atom. The van der Waals surface area contributed by atoms with Crippen molar-refractivity contribution in [3.8, 4) is 23.0 Å². The minimum absolute atomic E-state index is 0.347. The highest BCUT2D eigenvalue weighted by atomic mass is 35.5. The highest BCUT2D eigenvalue weighted by molar-refractivity contribution is 6.32. The van der Waals surface area contributed by atoms with Crippen LogP contribution in [0.2, 0.25) is 5.02 Å². The molecule has 25 heavy (non-hydrogen) atoms. The van der Waals surface area contributed by atoms with Crippen molar-refractivity contribution in [2.45, 2.75) is 13.5 Å². The molecule has 130 valence electrons. The first-order chi connectivity index (χ1) is 12.1. The fourth-order valence-corrected chi connectivity index (χ4v) is 2.62. The average molecular weight is 360 g/mol. The van der Waals surface area contributed by atoms with E-state index in [1.807, 2.05) is 31.2 Å². The lowest BCUT2D eigenvalue weighted by molar-refractivity contribution is 0.404. The number of aryl methyl sites for hydroxylation is 1. The first kappa shape index (κ1) is 17.1. The predicted octanol–water partition coefficient (Wildman–Crippen LogP) is 4.33. The van der Waals surface area contributed by atoms with Crippen LogP contribution >= 0.6 is 11.6 Å². The summed E-state index contributed by atoms with van der Waals surface area (Å²) < 4.78 is 16.3. The van der Waals surface area contributed by atoms with Crippen LogP contribution in [0.4, 0.5) is 5.69 Å². The van der Waals surface area contributed by atoms with Crippen LogP contribution in [0, 0.1) is 6.92 Å². The van der Waals surface area contributed by atoms with Crippen molar-refractivity contribution in [1.82, 2.24) is 10.2 Å². The van der Waals surface area contributed by atoms with Crippen molar-refractivity contribution in [2.24, 2.45) is 0 Å². The highest BCUT2D eigenvalue weighted by Crippen LogP contribution is 2.36.